The molecule has 0 bridgehead atoms. The van der Waals surface area contributed by atoms with Crippen LogP contribution in [0.4, 0.5) is 15.3 Å². The summed E-state index contributed by atoms with van der Waals surface area (Å²) in [5.74, 6) is 5.49. The van der Waals surface area contributed by atoms with Crippen LogP contribution in [0.3, 0.4) is 0 Å². The minimum Gasteiger partial charge on any atom is -0.461 e. The molecule has 59 heavy (non-hydrogen) atoms. The summed E-state index contributed by atoms with van der Waals surface area (Å²) in [7, 11) is -0.159. The molecule has 314 valence electrons. The Kier molecular flexibility index (Phi) is 17.3. The molecule has 0 saturated carbocycles. The van der Waals surface area contributed by atoms with Gasteiger partial charge in [-0.2, -0.15) is 0 Å². The van der Waals surface area contributed by atoms with Crippen molar-refractivity contribution in [1.82, 2.24) is 20.2 Å². The first-order chi connectivity index (χ1) is 28.1. The topological polar surface area (TPSA) is 168 Å². The van der Waals surface area contributed by atoms with Crippen LogP contribution in [0.2, 0.25) is 25.7 Å². The number of nitrogens with zero attached hydrogens (tertiary/aromatic N) is 2. The van der Waals surface area contributed by atoms with E-state index in [0.29, 0.717) is 34.9 Å². The predicted molar refractivity (Wildman–Crippen MR) is 227 cm³/mol. The summed E-state index contributed by atoms with van der Waals surface area (Å²) in [6, 6.07) is 23.7. The zero-order chi connectivity index (χ0) is 42.8. The van der Waals surface area contributed by atoms with E-state index in [1.807, 2.05) is 60.7 Å². The molecule has 0 aliphatic carbocycles. The third kappa shape index (κ3) is 16.8. The molecule has 0 saturated heterocycles. The molecule has 0 aliphatic rings. The quantitative estimate of drug-likeness (QED) is 0.0300. The molecule has 0 radical (unpaired) electrons. The first-order valence-corrected chi connectivity index (χ1v) is 23.0. The first-order valence-electron chi connectivity index (χ1n) is 19.3. The lowest BCUT2D eigenvalue weighted by Gasteiger charge is -2.24. The number of benzene rings is 3. The molecule has 0 aliphatic heterocycles. The lowest BCUT2D eigenvalue weighted by Crippen LogP contribution is -2.37. The second-order valence-electron chi connectivity index (χ2n) is 15.8. The zero-order valence-electron chi connectivity index (χ0n) is 34.9. The zero-order valence-corrected chi connectivity index (χ0v) is 35.9. The third-order valence-electron chi connectivity index (χ3n) is 8.33. The van der Waals surface area contributed by atoms with Crippen LogP contribution < -0.4 is 16.0 Å². The number of carbonyl (C=O) groups excluding carboxylic acids is 4. The summed E-state index contributed by atoms with van der Waals surface area (Å²) in [5.41, 5.74) is 2.83. The molecule has 1 aromatic heterocycles. The van der Waals surface area contributed by atoms with Gasteiger partial charge in [-0.1, -0.05) is 92.1 Å². The maximum absolute atomic E-state index is 13.4. The molecule has 1 atom stereocenters. The standard InChI is InChI=1S/C44H55N5O9Si/c1-44(2,3)58-43(53)48-37(26-39(50)56-29-32-15-10-8-11-16-32)41-47-38(28-49(41)31-55-23-24-59(5,6)7)36-21-20-35(46-42(52)54-4)25-34(36)19-14-22-45-27-40(51)57-30-33-17-12-9-13-18-33/h8-13,15-18,20-21,25,28,37,45H,22-24,26-27,29-31H2,1-7H3,(H,46,52)(H,48,53)/t37-/m0/s1. The highest BCUT2D eigenvalue weighted by atomic mass is 28.3. The number of rotatable bonds is 18. The van der Waals surface area contributed by atoms with Crippen molar-refractivity contribution in [1.29, 1.82) is 0 Å². The number of aromatic nitrogens is 2. The number of nitrogens with one attached hydrogen (secondary N) is 3. The first kappa shape index (κ1) is 45.7. The number of alkyl carbamates (subject to hydrolysis) is 1. The molecule has 4 aromatic rings. The Morgan fingerprint density at radius 2 is 1.51 bits per heavy atom. The monoisotopic (exact) mass is 825 g/mol. The number of carbonyl (C=O) groups is 4. The summed E-state index contributed by atoms with van der Waals surface area (Å²) in [6.07, 6.45) is 0.101. The largest absolute Gasteiger partial charge is 0.461 e. The van der Waals surface area contributed by atoms with Crippen molar-refractivity contribution in [2.45, 2.75) is 84.5 Å². The Labute approximate surface area is 347 Å². The smallest absolute Gasteiger partial charge is 0.411 e. The average Bonchev–Trinajstić information content (AvgIpc) is 3.61. The minimum absolute atomic E-state index is 0.0516. The SMILES string of the molecule is COC(=O)Nc1ccc(-c2cn(COCC[Si](C)(C)C)c([C@H](CC(=O)OCc3ccccc3)NC(=O)OC(C)(C)C)n2)c(C#CCNCC(=O)OCc2ccccc2)c1. The van der Waals surface area contributed by atoms with Crippen LogP contribution in [-0.4, -0.2) is 74.2 Å². The Morgan fingerprint density at radius 1 is 0.864 bits per heavy atom. The molecule has 14 nitrogen and oxygen atoms in total. The third-order valence-corrected chi connectivity index (χ3v) is 10.0. The van der Waals surface area contributed by atoms with E-state index >= 15 is 0 Å². The van der Waals surface area contributed by atoms with Gasteiger partial charge in [0.1, 0.15) is 37.4 Å². The van der Waals surface area contributed by atoms with Crippen molar-refractivity contribution in [2.75, 3.05) is 32.1 Å². The van der Waals surface area contributed by atoms with Gasteiger partial charge in [0.05, 0.1) is 32.3 Å². The van der Waals surface area contributed by atoms with E-state index in [1.165, 1.54) is 7.11 Å². The van der Waals surface area contributed by atoms with Gasteiger partial charge in [0, 0.05) is 37.7 Å². The molecule has 3 N–H and O–H groups in total. The van der Waals surface area contributed by atoms with E-state index in [4.69, 9.17) is 28.7 Å². The number of amides is 2. The van der Waals surface area contributed by atoms with Crippen LogP contribution in [0.15, 0.2) is 85.1 Å². The Balaban J connectivity index is 1.65. The maximum atomic E-state index is 13.4. The van der Waals surface area contributed by atoms with Crippen molar-refractivity contribution in [2.24, 2.45) is 0 Å². The van der Waals surface area contributed by atoms with Crippen molar-refractivity contribution in [3.63, 3.8) is 0 Å². The van der Waals surface area contributed by atoms with Gasteiger partial charge in [-0.05, 0) is 56.1 Å². The van der Waals surface area contributed by atoms with Gasteiger partial charge in [0.15, 0.2) is 0 Å². The molecular formula is C44H55N5O9Si. The summed E-state index contributed by atoms with van der Waals surface area (Å²) in [5, 5.41) is 8.48. The number of esters is 2. The molecule has 15 heteroatoms. The van der Waals surface area contributed by atoms with Crippen molar-refractivity contribution in [3.8, 4) is 23.1 Å². The highest BCUT2D eigenvalue weighted by Gasteiger charge is 2.28. The van der Waals surface area contributed by atoms with Gasteiger partial charge in [0.2, 0.25) is 0 Å². The highest BCUT2D eigenvalue weighted by Crippen LogP contribution is 2.29. The number of ether oxygens (including phenoxy) is 5. The van der Waals surface area contributed by atoms with Crippen LogP contribution in [0.25, 0.3) is 11.3 Å². The number of imidazole rings is 1. The van der Waals surface area contributed by atoms with E-state index in [1.54, 1.807) is 49.7 Å². The van der Waals surface area contributed by atoms with Crippen LogP contribution in [0.5, 0.6) is 0 Å². The molecule has 4 rings (SSSR count). The lowest BCUT2D eigenvalue weighted by atomic mass is 10.0. The Hall–Kier alpha value is -5.95. The van der Waals surface area contributed by atoms with Crippen molar-refractivity contribution < 1.29 is 42.9 Å². The van der Waals surface area contributed by atoms with E-state index < -0.39 is 43.8 Å². The lowest BCUT2D eigenvalue weighted by molar-refractivity contribution is -0.146. The summed E-state index contributed by atoms with van der Waals surface area (Å²) in [4.78, 5) is 56.0. The van der Waals surface area contributed by atoms with Gasteiger partial charge in [-0.15, -0.1) is 0 Å². The molecule has 0 spiro atoms. The van der Waals surface area contributed by atoms with Crippen molar-refractivity contribution >= 4 is 37.9 Å². The second kappa shape index (κ2) is 22.3. The normalized spacial score (nSPS) is 11.7. The Morgan fingerprint density at radius 3 is 2.12 bits per heavy atom. The number of methoxy groups -OCH3 is 1. The number of anilines is 1. The fraction of sp³-hybridized carbons (Fsp3) is 0.386. The maximum Gasteiger partial charge on any atom is 0.411 e. The summed E-state index contributed by atoms with van der Waals surface area (Å²) >= 11 is 0. The van der Waals surface area contributed by atoms with Gasteiger partial charge in [0.25, 0.3) is 0 Å². The molecule has 0 unspecified atom stereocenters. The van der Waals surface area contributed by atoms with Gasteiger partial charge in [-0.25, -0.2) is 14.6 Å². The van der Waals surface area contributed by atoms with Crippen molar-refractivity contribution in [3.05, 3.63) is 108 Å². The van der Waals surface area contributed by atoms with E-state index in [9.17, 15) is 19.2 Å². The fourth-order valence-electron chi connectivity index (χ4n) is 5.38. The molecular weight excluding hydrogens is 771 g/mol. The van der Waals surface area contributed by atoms with Crippen LogP contribution in [-0.2, 0) is 53.2 Å². The van der Waals surface area contributed by atoms with E-state index in [-0.39, 0.29) is 39.5 Å². The minimum atomic E-state index is -1.42. The summed E-state index contributed by atoms with van der Waals surface area (Å²) in [6.45, 7) is 12.9. The van der Waals surface area contributed by atoms with Gasteiger partial charge < -0.3 is 33.6 Å². The number of hydrogen-bond acceptors (Lipinski definition) is 11. The van der Waals surface area contributed by atoms with Crippen LogP contribution in [0.1, 0.15) is 55.7 Å². The molecule has 0 fully saturated rings. The van der Waals surface area contributed by atoms with Crippen LogP contribution >= 0.6 is 0 Å². The van der Waals surface area contributed by atoms with Crippen LogP contribution in [0, 0.1) is 11.8 Å². The Bertz CT molecular complexity index is 2070. The van der Waals surface area contributed by atoms with Gasteiger partial charge in [-0.3, -0.25) is 20.2 Å². The van der Waals surface area contributed by atoms with E-state index in [0.717, 1.165) is 17.2 Å². The van der Waals surface area contributed by atoms with Gasteiger partial charge >= 0.3 is 24.1 Å². The molecule has 3 aromatic carbocycles. The average molecular weight is 826 g/mol. The molecule has 1 heterocycles. The predicted octanol–water partition coefficient (Wildman–Crippen LogP) is 7.42. The fourth-order valence-corrected chi connectivity index (χ4v) is 6.13. The molecule has 2 amide bonds. The van der Waals surface area contributed by atoms with E-state index in [2.05, 4.69) is 47.4 Å². The summed E-state index contributed by atoms with van der Waals surface area (Å²) < 4.78 is 29.2. The highest BCUT2D eigenvalue weighted by molar-refractivity contribution is 6.76. The second-order valence-corrected chi connectivity index (χ2v) is 21.4. The number of hydrogen-bond donors (Lipinski definition) is 3.